The van der Waals surface area contributed by atoms with Gasteiger partial charge in [-0.3, -0.25) is 4.68 Å². The maximum atomic E-state index is 5.74. The molecule has 1 saturated carbocycles. The molecule has 0 radical (unpaired) electrons. The number of hydrogen-bond donors (Lipinski definition) is 1. The number of hydrogen-bond acceptors (Lipinski definition) is 3. The first-order valence-corrected chi connectivity index (χ1v) is 6.06. The van der Waals surface area contributed by atoms with E-state index in [0.29, 0.717) is 18.4 Å². The normalized spacial score (nSPS) is 25.1. The molecule has 2 atom stereocenters. The summed E-state index contributed by atoms with van der Waals surface area (Å²) in [5.74, 6) is 1.33. The number of nitrogens with zero attached hydrogens (tertiary/aromatic N) is 2. The molecule has 2 unspecified atom stereocenters. The molecule has 1 aromatic rings. The van der Waals surface area contributed by atoms with Crippen molar-refractivity contribution in [3.05, 3.63) is 18.0 Å². The maximum Gasteiger partial charge on any atom is 0.0906 e. The number of aryl methyl sites for hydroxylation is 1. The zero-order chi connectivity index (χ0) is 11.4. The average Bonchev–Trinajstić information content (AvgIpc) is 2.87. The van der Waals surface area contributed by atoms with Crippen molar-refractivity contribution in [3.8, 4) is 0 Å². The fourth-order valence-corrected chi connectivity index (χ4v) is 2.50. The number of nitrogens with two attached hydrogens (primary N) is 1. The Kier molecular flexibility index (Phi) is 3.96. The van der Waals surface area contributed by atoms with E-state index in [9.17, 15) is 0 Å². The molecule has 0 aromatic carbocycles. The second-order valence-electron chi connectivity index (χ2n) is 4.68. The molecule has 0 spiro atoms. The Balaban J connectivity index is 1.71. The van der Waals surface area contributed by atoms with E-state index in [-0.39, 0.29) is 0 Å². The van der Waals surface area contributed by atoms with Crippen LogP contribution in [0.1, 0.15) is 25.0 Å². The minimum absolute atomic E-state index is 0.620. The van der Waals surface area contributed by atoms with Crippen LogP contribution in [0.4, 0.5) is 0 Å². The summed E-state index contributed by atoms with van der Waals surface area (Å²) in [6, 6.07) is 2.00. The van der Waals surface area contributed by atoms with Crippen LogP contribution in [-0.4, -0.2) is 22.9 Å². The Morgan fingerprint density at radius 3 is 3.00 bits per heavy atom. The SMILES string of the molecule is Cn1ccc(COCC2CCCC2CN)n1. The van der Waals surface area contributed by atoms with Crippen LogP contribution in [0, 0.1) is 11.8 Å². The summed E-state index contributed by atoms with van der Waals surface area (Å²) < 4.78 is 7.52. The maximum absolute atomic E-state index is 5.74. The first-order valence-electron chi connectivity index (χ1n) is 6.06. The van der Waals surface area contributed by atoms with Crippen molar-refractivity contribution in [3.63, 3.8) is 0 Å². The summed E-state index contributed by atoms with van der Waals surface area (Å²) in [5, 5.41) is 4.28. The molecule has 1 heterocycles. The second-order valence-corrected chi connectivity index (χ2v) is 4.68. The highest BCUT2D eigenvalue weighted by Crippen LogP contribution is 2.31. The van der Waals surface area contributed by atoms with E-state index in [1.54, 1.807) is 4.68 Å². The summed E-state index contributed by atoms with van der Waals surface area (Å²) in [4.78, 5) is 0. The first-order chi connectivity index (χ1) is 7.79. The molecule has 0 aliphatic heterocycles. The van der Waals surface area contributed by atoms with Crippen LogP contribution in [0.3, 0.4) is 0 Å². The van der Waals surface area contributed by atoms with Crippen LogP contribution in [-0.2, 0) is 18.4 Å². The second kappa shape index (κ2) is 5.46. The van der Waals surface area contributed by atoms with E-state index in [1.807, 2.05) is 19.3 Å². The van der Waals surface area contributed by atoms with Gasteiger partial charge in [-0.2, -0.15) is 5.10 Å². The van der Waals surface area contributed by atoms with E-state index in [1.165, 1.54) is 19.3 Å². The van der Waals surface area contributed by atoms with Crippen LogP contribution in [0.2, 0.25) is 0 Å². The van der Waals surface area contributed by atoms with Crippen molar-refractivity contribution in [1.29, 1.82) is 0 Å². The fourth-order valence-electron chi connectivity index (χ4n) is 2.50. The Bertz CT molecular complexity index is 324. The molecule has 2 N–H and O–H groups in total. The molecule has 2 rings (SSSR count). The molecule has 1 aromatic heterocycles. The lowest BCUT2D eigenvalue weighted by Crippen LogP contribution is -2.22. The monoisotopic (exact) mass is 223 g/mol. The van der Waals surface area contributed by atoms with Crippen LogP contribution in [0.25, 0.3) is 0 Å². The smallest absolute Gasteiger partial charge is 0.0906 e. The van der Waals surface area contributed by atoms with Gasteiger partial charge >= 0.3 is 0 Å². The van der Waals surface area contributed by atoms with Crippen molar-refractivity contribution in [2.24, 2.45) is 24.6 Å². The summed E-state index contributed by atoms with van der Waals surface area (Å²) in [7, 11) is 1.92. The summed E-state index contributed by atoms with van der Waals surface area (Å²) in [6.45, 7) is 2.25. The van der Waals surface area contributed by atoms with Crippen molar-refractivity contribution >= 4 is 0 Å². The summed E-state index contributed by atoms with van der Waals surface area (Å²) >= 11 is 0. The van der Waals surface area contributed by atoms with Crippen molar-refractivity contribution < 1.29 is 4.74 Å². The standard InChI is InChI=1S/C12H21N3O/c1-15-6-5-12(14-15)9-16-8-11-4-2-3-10(11)7-13/h5-6,10-11H,2-4,7-9,13H2,1H3. The molecule has 4 nitrogen and oxygen atoms in total. The number of aromatic nitrogens is 2. The number of rotatable bonds is 5. The molecule has 0 saturated heterocycles. The molecule has 1 aliphatic rings. The molecule has 16 heavy (non-hydrogen) atoms. The lowest BCUT2D eigenvalue weighted by molar-refractivity contribution is 0.0731. The predicted octanol–water partition coefficient (Wildman–Crippen LogP) is 1.31. The highest BCUT2D eigenvalue weighted by atomic mass is 16.5. The van der Waals surface area contributed by atoms with E-state index in [2.05, 4.69) is 5.10 Å². The lowest BCUT2D eigenvalue weighted by atomic mass is 9.97. The van der Waals surface area contributed by atoms with E-state index < -0.39 is 0 Å². The Morgan fingerprint density at radius 2 is 2.31 bits per heavy atom. The van der Waals surface area contributed by atoms with Crippen LogP contribution in [0.5, 0.6) is 0 Å². The van der Waals surface area contributed by atoms with E-state index >= 15 is 0 Å². The quantitative estimate of drug-likeness (QED) is 0.819. The van der Waals surface area contributed by atoms with Crippen LogP contribution in [0.15, 0.2) is 12.3 Å². The molecular weight excluding hydrogens is 202 g/mol. The molecule has 0 amide bonds. The van der Waals surface area contributed by atoms with Gasteiger partial charge in [0, 0.05) is 13.2 Å². The molecule has 4 heteroatoms. The number of ether oxygens (including phenoxy) is 1. The van der Waals surface area contributed by atoms with Gasteiger partial charge in [0.25, 0.3) is 0 Å². The Labute approximate surface area is 96.8 Å². The molecule has 1 aliphatic carbocycles. The molecule has 90 valence electrons. The third kappa shape index (κ3) is 2.83. The van der Waals surface area contributed by atoms with Crippen LogP contribution < -0.4 is 5.73 Å². The van der Waals surface area contributed by atoms with Gasteiger partial charge < -0.3 is 10.5 Å². The van der Waals surface area contributed by atoms with Gasteiger partial charge in [-0.05, 0) is 37.3 Å². The fraction of sp³-hybridized carbons (Fsp3) is 0.750. The van der Waals surface area contributed by atoms with Crippen molar-refractivity contribution in [2.75, 3.05) is 13.2 Å². The van der Waals surface area contributed by atoms with Gasteiger partial charge in [0.2, 0.25) is 0 Å². The Morgan fingerprint density at radius 1 is 1.50 bits per heavy atom. The highest BCUT2D eigenvalue weighted by molar-refractivity contribution is 4.96. The summed E-state index contributed by atoms with van der Waals surface area (Å²) in [6.07, 6.45) is 5.79. The van der Waals surface area contributed by atoms with Crippen LogP contribution >= 0.6 is 0 Å². The zero-order valence-corrected chi connectivity index (χ0v) is 9.93. The van der Waals surface area contributed by atoms with Crippen molar-refractivity contribution in [1.82, 2.24) is 9.78 Å². The topological polar surface area (TPSA) is 53.1 Å². The molecular formula is C12H21N3O. The predicted molar refractivity (Wildman–Crippen MR) is 62.7 cm³/mol. The third-order valence-electron chi connectivity index (χ3n) is 3.47. The Hall–Kier alpha value is -0.870. The first kappa shape index (κ1) is 11.6. The van der Waals surface area contributed by atoms with Gasteiger partial charge in [-0.25, -0.2) is 0 Å². The van der Waals surface area contributed by atoms with Gasteiger partial charge in [-0.1, -0.05) is 6.42 Å². The van der Waals surface area contributed by atoms with E-state index in [0.717, 1.165) is 18.8 Å². The van der Waals surface area contributed by atoms with E-state index in [4.69, 9.17) is 10.5 Å². The van der Waals surface area contributed by atoms with Gasteiger partial charge in [-0.15, -0.1) is 0 Å². The van der Waals surface area contributed by atoms with Gasteiger partial charge in [0.05, 0.1) is 18.9 Å². The summed E-state index contributed by atoms with van der Waals surface area (Å²) in [5.41, 5.74) is 6.74. The van der Waals surface area contributed by atoms with Gasteiger partial charge in [0.15, 0.2) is 0 Å². The molecule has 0 bridgehead atoms. The largest absolute Gasteiger partial charge is 0.375 e. The minimum atomic E-state index is 0.620. The van der Waals surface area contributed by atoms with Crippen molar-refractivity contribution in [2.45, 2.75) is 25.9 Å². The third-order valence-corrected chi connectivity index (χ3v) is 3.47. The molecule has 1 fully saturated rings. The lowest BCUT2D eigenvalue weighted by Gasteiger charge is -2.17. The van der Waals surface area contributed by atoms with Gasteiger partial charge in [0.1, 0.15) is 0 Å². The zero-order valence-electron chi connectivity index (χ0n) is 9.93. The minimum Gasteiger partial charge on any atom is -0.375 e. The average molecular weight is 223 g/mol. The highest BCUT2D eigenvalue weighted by Gasteiger charge is 2.25.